The van der Waals surface area contributed by atoms with Crippen LogP contribution in [0.1, 0.15) is 11.1 Å². The summed E-state index contributed by atoms with van der Waals surface area (Å²) in [5.74, 6) is 1.84. The van der Waals surface area contributed by atoms with E-state index in [1.54, 1.807) is 0 Å². The lowest BCUT2D eigenvalue weighted by Gasteiger charge is -2.34. The van der Waals surface area contributed by atoms with Gasteiger partial charge in [0.1, 0.15) is 0 Å². The predicted molar refractivity (Wildman–Crippen MR) is 294 cm³/mol. The second-order valence-electron chi connectivity index (χ2n) is 18.2. The molecule has 0 aliphatic heterocycles. The third-order valence-electron chi connectivity index (χ3n) is 13.7. The molecule has 0 unspecified atom stereocenters. The minimum atomic E-state index is -2.86. The summed E-state index contributed by atoms with van der Waals surface area (Å²) in [7, 11) is -2.86. The summed E-state index contributed by atoms with van der Waals surface area (Å²) in [6.45, 7) is 4.34. The van der Waals surface area contributed by atoms with Crippen molar-refractivity contribution in [3.05, 3.63) is 266 Å². The highest BCUT2D eigenvalue weighted by molar-refractivity contribution is 7.19. The summed E-state index contributed by atoms with van der Waals surface area (Å²) < 4.78 is 2.40. The van der Waals surface area contributed by atoms with E-state index in [1.807, 2.05) is 36.4 Å². The van der Waals surface area contributed by atoms with Crippen LogP contribution in [0, 0.1) is 13.8 Å². The average Bonchev–Trinajstić information content (AvgIpc) is 3.76. The first-order chi connectivity index (χ1) is 34.5. The molecule has 2 heterocycles. The number of hydrogen-bond donors (Lipinski definition) is 0. The molecule has 5 heteroatoms. The number of benzene rings is 10. The predicted octanol–water partition coefficient (Wildman–Crippen LogP) is 13.3. The standard InChI is InChI=1S/C65H48N4Si/c1-45-39-46(2)41-51(40-45)49-35-38-62-59(43-49)58-33-18-19-34-61(58)69(62)52-36-37-57(60(44-52)65-67-63(47-21-8-3-9-22-47)66-64(68-65)48-23-10-4-11-24-48)50-25-20-32-56(42-50)70(53-26-12-5-13-27-53,54-28-14-6-15-29-54)55-30-16-7-17-31-55/h3-44H,1-2H3. The average molecular weight is 913 g/mol. The fourth-order valence-corrected chi connectivity index (χ4v) is 15.4. The Hall–Kier alpha value is -8.77. The van der Waals surface area contributed by atoms with E-state index >= 15 is 0 Å². The summed E-state index contributed by atoms with van der Waals surface area (Å²) in [6.07, 6.45) is 0. The molecule has 0 spiro atoms. The number of aryl methyl sites for hydroxylation is 2. The number of rotatable bonds is 10. The maximum atomic E-state index is 5.38. The second kappa shape index (κ2) is 18.0. The third-order valence-corrected chi connectivity index (χ3v) is 18.4. The highest BCUT2D eigenvalue weighted by atomic mass is 28.3. The van der Waals surface area contributed by atoms with Gasteiger partial charge in [-0.2, -0.15) is 0 Å². The Morgan fingerprint density at radius 2 is 0.786 bits per heavy atom. The molecule has 0 aliphatic carbocycles. The van der Waals surface area contributed by atoms with Crippen LogP contribution in [0.2, 0.25) is 0 Å². The van der Waals surface area contributed by atoms with E-state index in [0.717, 1.165) is 44.5 Å². The highest BCUT2D eigenvalue weighted by Gasteiger charge is 2.41. The van der Waals surface area contributed by atoms with E-state index in [2.05, 4.69) is 237 Å². The minimum Gasteiger partial charge on any atom is -0.309 e. The fraction of sp³-hybridized carbons (Fsp3) is 0.0308. The van der Waals surface area contributed by atoms with Crippen molar-refractivity contribution < 1.29 is 0 Å². The zero-order valence-electron chi connectivity index (χ0n) is 39.0. The molecule has 4 nitrogen and oxygen atoms in total. The number of fused-ring (bicyclic) bond motifs is 3. The molecule has 2 aromatic heterocycles. The molecule has 0 N–H and O–H groups in total. The van der Waals surface area contributed by atoms with Crippen molar-refractivity contribution in [1.82, 2.24) is 19.5 Å². The van der Waals surface area contributed by atoms with Gasteiger partial charge in [-0.3, -0.25) is 0 Å². The molecule has 0 saturated heterocycles. The smallest absolute Gasteiger partial charge is 0.179 e. The van der Waals surface area contributed by atoms with Crippen LogP contribution in [-0.4, -0.2) is 27.6 Å². The molecule has 10 aromatic carbocycles. The lowest BCUT2D eigenvalue weighted by Crippen LogP contribution is -2.74. The van der Waals surface area contributed by atoms with Crippen LogP contribution in [-0.2, 0) is 0 Å². The van der Waals surface area contributed by atoms with Crippen LogP contribution in [0.3, 0.4) is 0 Å². The highest BCUT2D eigenvalue weighted by Crippen LogP contribution is 2.39. The first-order valence-corrected chi connectivity index (χ1v) is 25.9. The van der Waals surface area contributed by atoms with Crippen LogP contribution in [0.5, 0.6) is 0 Å². The van der Waals surface area contributed by atoms with Gasteiger partial charge in [0.2, 0.25) is 0 Å². The maximum Gasteiger partial charge on any atom is 0.179 e. The third kappa shape index (κ3) is 7.63. The van der Waals surface area contributed by atoms with Gasteiger partial charge in [-0.15, -0.1) is 0 Å². The number of nitrogens with zero attached hydrogens (tertiary/aromatic N) is 4. The van der Waals surface area contributed by atoms with Crippen LogP contribution in [0.15, 0.2) is 255 Å². The van der Waals surface area contributed by atoms with Crippen molar-refractivity contribution in [3.63, 3.8) is 0 Å². The summed E-state index contributed by atoms with van der Waals surface area (Å²) in [5, 5.41) is 7.66. The van der Waals surface area contributed by atoms with E-state index in [9.17, 15) is 0 Å². The Kier molecular flexibility index (Phi) is 11.0. The first kappa shape index (κ1) is 42.6. The summed E-state index contributed by atoms with van der Waals surface area (Å²) in [4.78, 5) is 15.9. The van der Waals surface area contributed by atoms with Gasteiger partial charge in [-0.05, 0) is 87.2 Å². The van der Waals surface area contributed by atoms with Crippen LogP contribution >= 0.6 is 0 Å². The van der Waals surface area contributed by atoms with E-state index in [1.165, 1.54) is 53.8 Å². The topological polar surface area (TPSA) is 43.6 Å². The van der Waals surface area contributed by atoms with Crippen molar-refractivity contribution >= 4 is 50.6 Å². The molecule has 12 rings (SSSR count). The van der Waals surface area contributed by atoms with Crippen molar-refractivity contribution in [1.29, 1.82) is 0 Å². The van der Waals surface area contributed by atoms with Gasteiger partial charge < -0.3 is 4.57 Å². The zero-order chi connectivity index (χ0) is 47.0. The number of hydrogen-bond acceptors (Lipinski definition) is 3. The quantitative estimate of drug-likeness (QED) is 0.101. The van der Waals surface area contributed by atoms with Gasteiger partial charge in [0.05, 0.1) is 11.0 Å². The van der Waals surface area contributed by atoms with E-state index in [0.29, 0.717) is 17.5 Å². The monoisotopic (exact) mass is 912 g/mol. The van der Waals surface area contributed by atoms with E-state index in [4.69, 9.17) is 15.0 Å². The van der Waals surface area contributed by atoms with E-state index in [-0.39, 0.29) is 0 Å². The van der Waals surface area contributed by atoms with Crippen molar-refractivity contribution in [2.75, 3.05) is 0 Å². The Bertz CT molecular complexity index is 3660. The zero-order valence-corrected chi connectivity index (χ0v) is 40.0. The van der Waals surface area contributed by atoms with Gasteiger partial charge in [-0.25, -0.2) is 15.0 Å². The van der Waals surface area contributed by atoms with Gasteiger partial charge in [0, 0.05) is 33.2 Å². The summed E-state index contributed by atoms with van der Waals surface area (Å²) in [5.41, 5.74) is 13.1. The van der Waals surface area contributed by atoms with Crippen molar-refractivity contribution in [2.45, 2.75) is 13.8 Å². The Morgan fingerprint density at radius 3 is 1.37 bits per heavy atom. The SMILES string of the molecule is Cc1cc(C)cc(-c2ccc3c(c2)c2ccccc2n3-c2ccc(-c3cccc([Si](c4ccccc4)(c4ccccc4)c4ccccc4)c3)c(-c3nc(-c4ccccc4)nc(-c4ccccc4)n3)c2)c1. The summed E-state index contributed by atoms with van der Waals surface area (Å²) >= 11 is 0. The lowest BCUT2D eigenvalue weighted by atomic mass is 9.98. The Morgan fingerprint density at radius 1 is 0.300 bits per heavy atom. The molecule has 12 aromatic rings. The molecular weight excluding hydrogens is 865 g/mol. The fourth-order valence-electron chi connectivity index (χ4n) is 10.6. The van der Waals surface area contributed by atoms with Gasteiger partial charge >= 0.3 is 0 Å². The van der Waals surface area contributed by atoms with Gasteiger partial charge in [0.25, 0.3) is 0 Å². The number of aromatic nitrogens is 4. The number of para-hydroxylation sites is 1. The molecule has 0 radical (unpaired) electrons. The van der Waals surface area contributed by atoms with Gasteiger partial charge in [-0.1, -0.05) is 236 Å². The molecule has 0 saturated carbocycles. The molecule has 0 atom stereocenters. The molecule has 70 heavy (non-hydrogen) atoms. The maximum absolute atomic E-state index is 5.38. The Balaban J connectivity index is 1.13. The molecule has 332 valence electrons. The van der Waals surface area contributed by atoms with Crippen molar-refractivity contribution in [3.8, 4) is 62.1 Å². The molecule has 0 fully saturated rings. The summed E-state index contributed by atoms with van der Waals surface area (Å²) in [6, 6.07) is 92.3. The van der Waals surface area contributed by atoms with Crippen LogP contribution in [0.4, 0.5) is 0 Å². The molecule has 0 amide bonds. The van der Waals surface area contributed by atoms with Crippen LogP contribution < -0.4 is 20.7 Å². The largest absolute Gasteiger partial charge is 0.309 e. The van der Waals surface area contributed by atoms with Crippen LogP contribution in [0.25, 0.3) is 83.9 Å². The Labute approximate surface area is 409 Å². The first-order valence-electron chi connectivity index (χ1n) is 23.9. The lowest BCUT2D eigenvalue weighted by molar-refractivity contribution is 1.07. The second-order valence-corrected chi connectivity index (χ2v) is 22.0. The minimum absolute atomic E-state index is 0.602. The van der Waals surface area contributed by atoms with Gasteiger partial charge in [0.15, 0.2) is 25.5 Å². The molecule has 0 aliphatic rings. The van der Waals surface area contributed by atoms with Crippen molar-refractivity contribution in [2.24, 2.45) is 0 Å². The normalized spacial score (nSPS) is 11.6. The molecular formula is C65H48N4Si. The van der Waals surface area contributed by atoms with E-state index < -0.39 is 8.07 Å². The molecule has 0 bridgehead atoms.